The van der Waals surface area contributed by atoms with Gasteiger partial charge in [-0.3, -0.25) is 14.4 Å². The minimum Gasteiger partial charge on any atom is -0.481 e. The van der Waals surface area contributed by atoms with Gasteiger partial charge in [0, 0.05) is 5.41 Å². The number of ether oxygens (including phenoxy) is 1. The zero-order chi connectivity index (χ0) is 38.6. The Kier molecular flexibility index (Phi) is 9.72. The van der Waals surface area contributed by atoms with Gasteiger partial charge in [-0.15, -0.1) is 0 Å². The van der Waals surface area contributed by atoms with Gasteiger partial charge in [0.1, 0.15) is 12.1 Å². The fourth-order valence-electron chi connectivity index (χ4n) is 14.7. The molecule has 6 saturated carbocycles. The Hall–Kier alpha value is -2.38. The number of carboxylic acids is 2. The van der Waals surface area contributed by atoms with Gasteiger partial charge in [-0.2, -0.15) is 0 Å². The zero-order valence-corrected chi connectivity index (χ0v) is 33.9. The van der Waals surface area contributed by atoms with Gasteiger partial charge in [-0.05, 0) is 141 Å². The van der Waals surface area contributed by atoms with Crippen LogP contribution < -0.4 is 5.32 Å². The van der Waals surface area contributed by atoms with Crippen LogP contribution in [0.4, 0.5) is 0 Å². The molecule has 0 aliphatic heterocycles. The molecule has 1 amide bonds. The summed E-state index contributed by atoms with van der Waals surface area (Å²) >= 11 is 0. The van der Waals surface area contributed by atoms with Crippen molar-refractivity contribution in [2.45, 2.75) is 158 Å². The van der Waals surface area contributed by atoms with Gasteiger partial charge in [-0.25, -0.2) is 4.79 Å². The molecule has 0 heterocycles. The maximum Gasteiger partial charge on any atom is 0.326 e. The van der Waals surface area contributed by atoms with Crippen LogP contribution in [0.3, 0.4) is 0 Å². The van der Waals surface area contributed by atoms with E-state index in [-0.39, 0.29) is 63.3 Å². The van der Waals surface area contributed by atoms with E-state index in [2.05, 4.69) is 53.4 Å². The minimum absolute atomic E-state index is 0.0322. The largest absolute Gasteiger partial charge is 0.481 e. The second-order valence-electron chi connectivity index (χ2n) is 21.1. The second-order valence-corrected chi connectivity index (χ2v) is 21.1. The number of carbonyl (C=O) groups is 4. The van der Waals surface area contributed by atoms with Crippen molar-refractivity contribution in [1.29, 1.82) is 0 Å². The first-order valence-electron chi connectivity index (χ1n) is 20.6. The molecule has 8 nitrogen and oxygen atoms in total. The molecule has 0 aromatic rings. The average molecular weight is 724 g/mol. The molecule has 6 fully saturated rings. The van der Waals surface area contributed by atoms with Crippen molar-refractivity contribution < 1.29 is 34.1 Å². The Morgan fingerprint density at radius 1 is 0.788 bits per heavy atom. The highest BCUT2D eigenvalue weighted by atomic mass is 16.5. The number of carboxylic acid groups (broad SMARTS) is 2. The Labute approximate surface area is 313 Å². The van der Waals surface area contributed by atoms with Gasteiger partial charge in [0.2, 0.25) is 5.91 Å². The molecular formula is C44H69NO7. The predicted molar refractivity (Wildman–Crippen MR) is 201 cm³/mol. The summed E-state index contributed by atoms with van der Waals surface area (Å²) in [4.78, 5) is 52.1. The molecule has 0 bridgehead atoms. The molecule has 0 spiro atoms. The number of carbonyl (C=O) groups excluding carboxylic acids is 2. The summed E-state index contributed by atoms with van der Waals surface area (Å²) in [6, 6.07) is -0.872. The van der Waals surface area contributed by atoms with Crippen molar-refractivity contribution in [3.8, 4) is 0 Å². The third kappa shape index (κ3) is 5.55. The fourth-order valence-corrected chi connectivity index (χ4v) is 14.7. The number of rotatable bonds is 9. The van der Waals surface area contributed by atoms with Crippen LogP contribution >= 0.6 is 0 Å². The predicted octanol–water partition coefficient (Wildman–Crippen LogP) is 8.92. The number of hydrogen-bond acceptors (Lipinski definition) is 5. The summed E-state index contributed by atoms with van der Waals surface area (Å²) in [6.07, 6.45) is 10.2. The molecule has 0 saturated heterocycles. The van der Waals surface area contributed by atoms with E-state index in [4.69, 9.17) is 4.74 Å². The number of nitrogens with one attached hydrogen (secondary N) is 1. The molecule has 6 rings (SSSR count). The molecule has 8 heteroatoms. The molecule has 6 aliphatic rings. The molecule has 5 unspecified atom stereocenters. The van der Waals surface area contributed by atoms with Crippen molar-refractivity contribution in [3.05, 3.63) is 12.2 Å². The lowest BCUT2D eigenvalue weighted by Gasteiger charge is -2.73. The van der Waals surface area contributed by atoms with E-state index >= 15 is 0 Å². The average Bonchev–Trinajstić information content (AvgIpc) is 3.43. The number of allylic oxidation sites excluding steroid dienone is 1. The van der Waals surface area contributed by atoms with Gasteiger partial charge in [0.15, 0.2) is 0 Å². The van der Waals surface area contributed by atoms with E-state index in [0.717, 1.165) is 69.8 Å². The SMILES string of the molecule is C=C(C)C1CC[C@]2(C(=O)NC(CC(C)C)C(=O)O)CC[C@]3(C)C(CC[C@@H]4[C@@]5(C)CC[C@H](OC(=O)C6C[C@@H](C(=O)O)C6(C)C)C(C)(C)[C@@H]5CC[C@]43C)C12. The van der Waals surface area contributed by atoms with Crippen LogP contribution in [0.1, 0.15) is 146 Å². The monoisotopic (exact) mass is 724 g/mol. The lowest BCUT2D eigenvalue weighted by molar-refractivity contribution is -0.251. The normalized spacial score (nSPS) is 44.8. The molecule has 52 heavy (non-hydrogen) atoms. The molecule has 0 radical (unpaired) electrons. The molecule has 0 aromatic heterocycles. The second kappa shape index (κ2) is 12.9. The van der Waals surface area contributed by atoms with Crippen LogP contribution in [0.25, 0.3) is 0 Å². The van der Waals surface area contributed by atoms with E-state index < -0.39 is 34.7 Å². The molecule has 0 aromatic carbocycles. The smallest absolute Gasteiger partial charge is 0.326 e. The Morgan fingerprint density at radius 2 is 1.46 bits per heavy atom. The molecular weight excluding hydrogens is 654 g/mol. The molecule has 3 N–H and O–H groups in total. The van der Waals surface area contributed by atoms with Crippen molar-refractivity contribution >= 4 is 23.8 Å². The van der Waals surface area contributed by atoms with Crippen LogP contribution in [-0.4, -0.2) is 46.2 Å². The maximum absolute atomic E-state index is 14.5. The van der Waals surface area contributed by atoms with Gasteiger partial charge < -0.3 is 20.3 Å². The summed E-state index contributed by atoms with van der Waals surface area (Å²) in [5.74, 6) is -1.12. The summed E-state index contributed by atoms with van der Waals surface area (Å²) in [6.45, 7) is 26.6. The summed E-state index contributed by atoms with van der Waals surface area (Å²) in [5.41, 5.74) is -0.0373. The van der Waals surface area contributed by atoms with Gasteiger partial charge in [0.05, 0.1) is 17.3 Å². The highest BCUT2D eigenvalue weighted by molar-refractivity contribution is 5.88. The van der Waals surface area contributed by atoms with Crippen LogP contribution in [0, 0.1) is 79.8 Å². The van der Waals surface area contributed by atoms with Gasteiger partial charge in [-0.1, -0.05) is 74.5 Å². The Bertz CT molecular complexity index is 1500. The lowest BCUT2D eigenvalue weighted by Crippen LogP contribution is -2.67. The first-order valence-corrected chi connectivity index (χ1v) is 20.6. The lowest BCUT2D eigenvalue weighted by atomic mass is 9.32. The highest BCUT2D eigenvalue weighted by Gasteiger charge is 2.72. The van der Waals surface area contributed by atoms with E-state index in [0.29, 0.717) is 30.6 Å². The third-order valence-electron chi connectivity index (χ3n) is 17.9. The molecule has 6 aliphatic carbocycles. The van der Waals surface area contributed by atoms with Crippen LogP contribution in [0.15, 0.2) is 12.2 Å². The first kappa shape index (κ1) is 39.3. The number of amides is 1. The molecule has 292 valence electrons. The number of fused-ring (bicyclic) bond motifs is 7. The molecule has 13 atom stereocenters. The van der Waals surface area contributed by atoms with E-state index in [1.54, 1.807) is 0 Å². The van der Waals surface area contributed by atoms with E-state index in [9.17, 15) is 29.4 Å². The first-order chi connectivity index (χ1) is 24.0. The van der Waals surface area contributed by atoms with E-state index in [1.165, 1.54) is 0 Å². The van der Waals surface area contributed by atoms with Crippen molar-refractivity contribution in [3.63, 3.8) is 0 Å². The third-order valence-corrected chi connectivity index (χ3v) is 17.9. The van der Waals surface area contributed by atoms with Crippen LogP contribution in [-0.2, 0) is 23.9 Å². The fraction of sp³-hybridized carbons (Fsp3) is 0.864. The summed E-state index contributed by atoms with van der Waals surface area (Å²) < 4.78 is 6.40. The standard InChI is InChI=1S/C44H69NO7/c1-24(2)22-30(36(48)49)45-38(51)44-19-14-26(25(3)4)34(44)27-12-13-32-41(9)17-16-33(52-37(50)29-23-28(35(46)47)39(29,5)6)40(7,8)31(41)15-18-43(32,11)42(27,10)20-21-44/h24,26-34H,3,12-23H2,1-2,4-11H3,(H,45,51)(H,46,47)(H,48,49)/t26?,27?,28-,29?,30?,31-,32+,33-,34?,41-,42+,43+,44-/m0/s1. The van der Waals surface area contributed by atoms with Crippen LogP contribution in [0.2, 0.25) is 0 Å². The van der Waals surface area contributed by atoms with Crippen molar-refractivity contribution in [2.24, 2.45) is 79.8 Å². The minimum atomic E-state index is -0.950. The Balaban J connectivity index is 1.25. The number of hydrogen-bond donors (Lipinski definition) is 3. The topological polar surface area (TPSA) is 130 Å². The van der Waals surface area contributed by atoms with Gasteiger partial charge in [0.25, 0.3) is 0 Å². The maximum atomic E-state index is 14.5. The van der Waals surface area contributed by atoms with Gasteiger partial charge >= 0.3 is 17.9 Å². The zero-order valence-electron chi connectivity index (χ0n) is 33.9. The Morgan fingerprint density at radius 3 is 2.04 bits per heavy atom. The summed E-state index contributed by atoms with van der Waals surface area (Å²) in [5, 5.41) is 22.8. The van der Waals surface area contributed by atoms with Crippen molar-refractivity contribution in [1.82, 2.24) is 5.32 Å². The summed E-state index contributed by atoms with van der Waals surface area (Å²) in [7, 11) is 0. The quantitative estimate of drug-likeness (QED) is 0.160. The van der Waals surface area contributed by atoms with Crippen molar-refractivity contribution in [2.75, 3.05) is 0 Å². The number of aliphatic carboxylic acids is 2. The van der Waals surface area contributed by atoms with Crippen LogP contribution in [0.5, 0.6) is 0 Å². The van der Waals surface area contributed by atoms with E-state index in [1.807, 2.05) is 27.7 Å². The number of esters is 1. The highest BCUT2D eigenvalue weighted by Crippen LogP contribution is 2.77.